The fourth-order valence-corrected chi connectivity index (χ4v) is 6.97. The number of hydrogen-bond donors (Lipinski definition) is 2. The number of anilines is 1. The van der Waals surface area contributed by atoms with Crippen molar-refractivity contribution in [2.75, 3.05) is 38.5 Å². The van der Waals surface area contributed by atoms with Crippen LogP contribution in [0.15, 0.2) is 41.3 Å². The fraction of sp³-hybridized carbons (Fsp3) is 0.286. The average molecular weight is 588 g/mol. The summed E-state index contributed by atoms with van der Waals surface area (Å²) in [5.74, 6) is -0.677. The molecule has 3 aromatic rings. The van der Waals surface area contributed by atoms with Crippen LogP contribution in [0.5, 0.6) is 0 Å². The van der Waals surface area contributed by atoms with Gasteiger partial charge in [0.25, 0.3) is 11.8 Å². The van der Waals surface area contributed by atoms with Gasteiger partial charge in [0.05, 0.1) is 21.8 Å². The number of benzene rings is 2. The number of nitrogens with zero attached hydrogens (tertiary/aromatic N) is 2. The van der Waals surface area contributed by atoms with Crippen molar-refractivity contribution >= 4 is 62.2 Å². The van der Waals surface area contributed by atoms with Crippen LogP contribution in [-0.4, -0.2) is 68.2 Å². The molecule has 204 valence electrons. The average Bonchev–Trinajstić information content (AvgIpc) is 3.32. The van der Waals surface area contributed by atoms with Gasteiger partial charge in [-0.1, -0.05) is 23.2 Å². The molecule has 8 nitrogen and oxygen atoms in total. The van der Waals surface area contributed by atoms with Gasteiger partial charge >= 0.3 is 0 Å². The lowest BCUT2D eigenvalue weighted by Crippen LogP contribution is -2.47. The summed E-state index contributed by atoms with van der Waals surface area (Å²) in [5, 5.41) is 3.50. The quantitative estimate of drug-likeness (QED) is 0.418. The molecule has 39 heavy (non-hydrogen) atoms. The van der Waals surface area contributed by atoms with Crippen LogP contribution in [0.25, 0.3) is 11.6 Å². The van der Waals surface area contributed by atoms with Gasteiger partial charge < -0.3 is 20.1 Å². The number of likely N-dealkylation sites (N-methyl/N-ethyl adjacent to an activating group) is 1. The first-order valence-electron chi connectivity index (χ1n) is 12.4. The molecule has 2 amide bonds. The Hall–Kier alpha value is -3.11. The van der Waals surface area contributed by atoms with Crippen LogP contribution in [-0.2, 0) is 20.4 Å². The first-order valence-corrected chi connectivity index (χ1v) is 14.9. The number of piperazine rings is 1. The first kappa shape index (κ1) is 27.5. The fourth-order valence-electron chi connectivity index (χ4n) is 5.05. The lowest BCUT2D eigenvalue weighted by Gasteiger charge is -2.32. The van der Waals surface area contributed by atoms with Crippen molar-refractivity contribution in [2.24, 2.45) is 0 Å². The van der Waals surface area contributed by atoms with Crippen molar-refractivity contribution in [1.82, 2.24) is 14.8 Å². The minimum atomic E-state index is -3.77. The van der Waals surface area contributed by atoms with E-state index in [1.807, 2.05) is 25.8 Å². The molecule has 0 unspecified atom stereocenters. The molecule has 2 aromatic carbocycles. The zero-order chi connectivity index (χ0) is 28.1. The third-order valence-electron chi connectivity index (χ3n) is 7.18. The molecule has 0 aliphatic carbocycles. The summed E-state index contributed by atoms with van der Waals surface area (Å²) < 4.78 is 26.5. The van der Waals surface area contributed by atoms with E-state index in [-0.39, 0.29) is 22.5 Å². The Labute approximate surface area is 237 Å². The van der Waals surface area contributed by atoms with Crippen molar-refractivity contribution in [3.8, 4) is 0 Å². The molecule has 0 bridgehead atoms. The minimum absolute atomic E-state index is 0.0372. The normalized spacial score (nSPS) is 17.0. The highest BCUT2D eigenvalue weighted by Gasteiger charge is 2.29. The topological polar surface area (TPSA) is 103 Å². The Balaban J connectivity index is 1.47. The highest BCUT2D eigenvalue weighted by molar-refractivity contribution is 7.90. The van der Waals surface area contributed by atoms with Crippen LogP contribution >= 0.6 is 23.2 Å². The van der Waals surface area contributed by atoms with Crippen LogP contribution < -0.4 is 5.32 Å². The molecule has 5 rings (SSSR count). The number of halogens is 2. The second-order valence-electron chi connectivity index (χ2n) is 10.0. The number of rotatable bonds is 5. The summed E-state index contributed by atoms with van der Waals surface area (Å²) in [5.41, 5.74) is 4.47. The number of aryl methyl sites for hydroxylation is 1. The highest BCUT2D eigenvalue weighted by Crippen LogP contribution is 2.36. The number of carbonyl (C=O) groups is 2. The monoisotopic (exact) mass is 586 g/mol. The number of H-pyrrole nitrogens is 1. The lowest BCUT2D eigenvalue weighted by molar-refractivity contribution is -0.110. The zero-order valence-corrected chi connectivity index (χ0v) is 24.1. The van der Waals surface area contributed by atoms with E-state index in [1.54, 1.807) is 24.3 Å². The number of amides is 2. The Morgan fingerprint density at radius 3 is 2.36 bits per heavy atom. The van der Waals surface area contributed by atoms with Gasteiger partial charge in [-0.15, -0.1) is 0 Å². The van der Waals surface area contributed by atoms with Crippen molar-refractivity contribution in [1.29, 1.82) is 0 Å². The van der Waals surface area contributed by atoms with Crippen molar-refractivity contribution < 1.29 is 18.0 Å². The van der Waals surface area contributed by atoms with Gasteiger partial charge in [-0.25, -0.2) is 8.42 Å². The van der Waals surface area contributed by atoms with Crippen LogP contribution in [0.1, 0.15) is 38.4 Å². The largest absolute Gasteiger partial charge is 0.358 e. The van der Waals surface area contributed by atoms with Gasteiger partial charge in [-0.3, -0.25) is 9.59 Å². The Bertz CT molecular complexity index is 1620. The van der Waals surface area contributed by atoms with E-state index in [0.29, 0.717) is 56.8 Å². The molecule has 0 radical (unpaired) electrons. The van der Waals surface area contributed by atoms with Gasteiger partial charge in [-0.05, 0) is 74.5 Å². The standard InChI is InChI=1S/C28H28Cl2N4O4S/c1-16-25(31-17(2)26(16)28(36)34-8-6-33(3)7-9-34)14-23-22-13-21(4-5-24(22)32-27(23)35)39(37,38)15-18-10-19(29)12-20(30)11-18/h4-5,10-14,31H,6-9,15H2,1-3H3,(H,32,35)/b23-14-. The van der Waals surface area contributed by atoms with Crippen LogP contribution in [0.3, 0.4) is 0 Å². The lowest BCUT2D eigenvalue weighted by atomic mass is 10.0. The predicted octanol–water partition coefficient (Wildman–Crippen LogP) is 4.79. The molecular formula is C28H28Cl2N4O4S. The molecule has 1 fully saturated rings. The second-order valence-corrected chi connectivity index (χ2v) is 12.9. The maximum absolute atomic E-state index is 13.3. The minimum Gasteiger partial charge on any atom is -0.358 e. The number of aromatic amines is 1. The van der Waals surface area contributed by atoms with Crippen LogP contribution in [0, 0.1) is 13.8 Å². The van der Waals surface area contributed by atoms with E-state index in [9.17, 15) is 18.0 Å². The maximum Gasteiger partial charge on any atom is 0.256 e. The van der Waals surface area contributed by atoms with E-state index >= 15 is 0 Å². The summed E-state index contributed by atoms with van der Waals surface area (Å²) in [4.78, 5) is 33.6. The van der Waals surface area contributed by atoms with E-state index < -0.39 is 9.84 Å². The number of aromatic nitrogens is 1. The summed E-state index contributed by atoms with van der Waals surface area (Å²) >= 11 is 12.1. The van der Waals surface area contributed by atoms with E-state index in [2.05, 4.69) is 15.2 Å². The maximum atomic E-state index is 13.3. The van der Waals surface area contributed by atoms with Gasteiger partial charge in [0, 0.05) is 58.9 Å². The number of carbonyl (C=O) groups excluding carboxylic acids is 2. The van der Waals surface area contributed by atoms with Gasteiger partial charge in [0.1, 0.15) is 0 Å². The Kier molecular flexibility index (Phi) is 7.37. The molecule has 2 N–H and O–H groups in total. The smallest absolute Gasteiger partial charge is 0.256 e. The van der Waals surface area contributed by atoms with Crippen molar-refractivity contribution in [3.05, 3.63) is 80.1 Å². The molecule has 0 atom stereocenters. The predicted molar refractivity (Wildman–Crippen MR) is 154 cm³/mol. The zero-order valence-electron chi connectivity index (χ0n) is 21.8. The Morgan fingerprint density at radius 2 is 1.69 bits per heavy atom. The molecule has 1 aromatic heterocycles. The van der Waals surface area contributed by atoms with E-state index in [0.717, 1.165) is 24.3 Å². The summed E-state index contributed by atoms with van der Waals surface area (Å²) in [7, 11) is -1.73. The number of fused-ring (bicyclic) bond motifs is 1. The molecular weight excluding hydrogens is 559 g/mol. The summed E-state index contributed by atoms with van der Waals surface area (Å²) in [6.07, 6.45) is 1.68. The van der Waals surface area contributed by atoms with Crippen LogP contribution in [0.4, 0.5) is 5.69 Å². The number of nitrogens with one attached hydrogen (secondary N) is 2. The Morgan fingerprint density at radius 1 is 1.03 bits per heavy atom. The molecule has 3 heterocycles. The number of hydrogen-bond acceptors (Lipinski definition) is 5. The van der Waals surface area contributed by atoms with E-state index in [4.69, 9.17) is 23.2 Å². The van der Waals surface area contributed by atoms with Gasteiger partial charge in [0.2, 0.25) is 0 Å². The second kappa shape index (κ2) is 10.5. The first-order chi connectivity index (χ1) is 18.4. The molecule has 0 saturated carbocycles. The third kappa shape index (κ3) is 5.49. The van der Waals surface area contributed by atoms with E-state index in [1.165, 1.54) is 18.2 Å². The molecule has 2 aliphatic rings. The van der Waals surface area contributed by atoms with Gasteiger partial charge in [-0.2, -0.15) is 0 Å². The number of sulfone groups is 1. The molecule has 0 spiro atoms. The molecule has 11 heteroatoms. The molecule has 1 saturated heterocycles. The third-order valence-corrected chi connectivity index (χ3v) is 9.30. The van der Waals surface area contributed by atoms with Crippen molar-refractivity contribution in [2.45, 2.75) is 24.5 Å². The molecule has 2 aliphatic heterocycles. The highest BCUT2D eigenvalue weighted by atomic mass is 35.5. The van der Waals surface area contributed by atoms with Crippen LogP contribution in [0.2, 0.25) is 10.0 Å². The van der Waals surface area contributed by atoms with Gasteiger partial charge in [0.15, 0.2) is 9.84 Å². The van der Waals surface area contributed by atoms with Crippen molar-refractivity contribution in [3.63, 3.8) is 0 Å². The SMILES string of the molecule is Cc1[nH]c(/C=C2\C(=O)Nc3ccc(S(=O)(=O)Cc4cc(Cl)cc(Cl)c4)cc32)c(C)c1C(=O)N1CCN(C)CC1. The summed E-state index contributed by atoms with van der Waals surface area (Å²) in [6.45, 7) is 6.64. The summed E-state index contributed by atoms with van der Waals surface area (Å²) in [6, 6.07) is 9.22.